The van der Waals surface area contributed by atoms with Crippen molar-refractivity contribution in [3.05, 3.63) is 23.9 Å². The molecule has 0 spiro atoms. The zero-order chi connectivity index (χ0) is 12.3. The molecule has 0 atom stereocenters. The normalized spacial score (nSPS) is 17.1. The average Bonchev–Trinajstić information content (AvgIpc) is 2.39. The zero-order valence-corrected chi connectivity index (χ0v) is 11.0. The Balaban J connectivity index is 2.08. The minimum absolute atomic E-state index is 0.442. The Labute approximate surface area is 108 Å². The fraction of sp³-hybridized carbons (Fsp3) is 0.538. The molecule has 17 heavy (non-hydrogen) atoms. The minimum atomic E-state index is 0.442. The largest absolute Gasteiger partial charge is 0.389 e. The van der Waals surface area contributed by atoms with Crippen LogP contribution in [0.1, 0.15) is 31.7 Å². The maximum absolute atomic E-state index is 5.64. The standard InChI is InChI=1S/C13H19N3S/c1-2-10-4-7-16(8-5-10)12-9-11(13(14)17)3-6-15-12/h3,6,9-10H,2,4-5,7-8H2,1H3,(H2,14,17). The molecule has 1 fully saturated rings. The maximum atomic E-state index is 5.64. The van der Waals surface area contributed by atoms with Gasteiger partial charge in [0.05, 0.1) is 0 Å². The van der Waals surface area contributed by atoms with Crippen molar-refractivity contribution in [3.8, 4) is 0 Å². The van der Waals surface area contributed by atoms with Crippen LogP contribution in [0.3, 0.4) is 0 Å². The smallest absolute Gasteiger partial charge is 0.129 e. The van der Waals surface area contributed by atoms with Crippen molar-refractivity contribution in [2.75, 3.05) is 18.0 Å². The molecule has 1 aromatic heterocycles. The molecule has 0 saturated carbocycles. The molecular formula is C13H19N3S. The number of aromatic nitrogens is 1. The van der Waals surface area contributed by atoms with E-state index in [1.165, 1.54) is 19.3 Å². The van der Waals surface area contributed by atoms with Gasteiger partial charge in [-0.25, -0.2) is 4.98 Å². The van der Waals surface area contributed by atoms with Crippen LogP contribution in [-0.4, -0.2) is 23.1 Å². The summed E-state index contributed by atoms with van der Waals surface area (Å²) in [5, 5.41) is 0. The number of nitrogens with zero attached hydrogens (tertiary/aromatic N) is 2. The lowest BCUT2D eigenvalue weighted by Crippen LogP contribution is -2.34. The Morgan fingerprint density at radius 3 is 2.82 bits per heavy atom. The Morgan fingerprint density at radius 2 is 2.24 bits per heavy atom. The lowest BCUT2D eigenvalue weighted by atomic mass is 9.94. The summed E-state index contributed by atoms with van der Waals surface area (Å²) in [6.07, 6.45) is 5.59. The molecule has 4 heteroatoms. The number of rotatable bonds is 3. The van der Waals surface area contributed by atoms with Crippen LogP contribution in [0.15, 0.2) is 18.3 Å². The van der Waals surface area contributed by atoms with Gasteiger partial charge in [-0.15, -0.1) is 0 Å². The van der Waals surface area contributed by atoms with Crippen molar-refractivity contribution >= 4 is 23.0 Å². The molecule has 1 aromatic rings. The van der Waals surface area contributed by atoms with Gasteiger partial charge in [0, 0.05) is 24.8 Å². The molecule has 2 heterocycles. The van der Waals surface area contributed by atoms with Crippen molar-refractivity contribution in [1.82, 2.24) is 4.98 Å². The quantitative estimate of drug-likeness (QED) is 0.835. The Kier molecular flexibility index (Phi) is 3.94. The first-order valence-electron chi connectivity index (χ1n) is 6.21. The maximum Gasteiger partial charge on any atom is 0.129 e. The number of hydrogen-bond donors (Lipinski definition) is 1. The molecule has 2 N–H and O–H groups in total. The molecule has 1 aliphatic rings. The lowest BCUT2D eigenvalue weighted by Gasteiger charge is -2.32. The molecule has 2 rings (SSSR count). The summed E-state index contributed by atoms with van der Waals surface area (Å²) in [5.74, 6) is 1.88. The van der Waals surface area contributed by atoms with E-state index in [0.29, 0.717) is 4.99 Å². The molecule has 92 valence electrons. The number of hydrogen-bond acceptors (Lipinski definition) is 3. The predicted molar refractivity (Wildman–Crippen MR) is 75.4 cm³/mol. The highest BCUT2D eigenvalue weighted by molar-refractivity contribution is 7.80. The number of nitrogens with two attached hydrogens (primary N) is 1. The van der Waals surface area contributed by atoms with E-state index in [4.69, 9.17) is 18.0 Å². The first kappa shape index (κ1) is 12.3. The van der Waals surface area contributed by atoms with Gasteiger partial charge in [-0.05, 0) is 30.9 Å². The zero-order valence-electron chi connectivity index (χ0n) is 10.2. The highest BCUT2D eigenvalue weighted by Crippen LogP contribution is 2.23. The summed E-state index contributed by atoms with van der Waals surface area (Å²) in [4.78, 5) is 7.18. The molecule has 1 saturated heterocycles. The summed E-state index contributed by atoms with van der Waals surface area (Å²) in [6, 6.07) is 3.86. The average molecular weight is 249 g/mol. The van der Waals surface area contributed by atoms with Gasteiger partial charge in [0.2, 0.25) is 0 Å². The van der Waals surface area contributed by atoms with E-state index >= 15 is 0 Å². The summed E-state index contributed by atoms with van der Waals surface area (Å²) in [6.45, 7) is 4.45. The van der Waals surface area contributed by atoms with Gasteiger partial charge >= 0.3 is 0 Å². The summed E-state index contributed by atoms with van der Waals surface area (Å²) >= 11 is 4.99. The van der Waals surface area contributed by atoms with Crippen LogP contribution < -0.4 is 10.6 Å². The van der Waals surface area contributed by atoms with E-state index in [1.54, 1.807) is 6.20 Å². The van der Waals surface area contributed by atoms with E-state index in [2.05, 4.69) is 16.8 Å². The topological polar surface area (TPSA) is 42.1 Å². The fourth-order valence-corrected chi connectivity index (χ4v) is 2.44. The van der Waals surface area contributed by atoms with Crippen LogP contribution in [0.5, 0.6) is 0 Å². The van der Waals surface area contributed by atoms with Gasteiger partial charge in [0.15, 0.2) is 0 Å². The molecule has 0 unspecified atom stereocenters. The van der Waals surface area contributed by atoms with Crippen LogP contribution in [-0.2, 0) is 0 Å². The van der Waals surface area contributed by atoms with Crippen LogP contribution in [0.25, 0.3) is 0 Å². The minimum Gasteiger partial charge on any atom is -0.389 e. The predicted octanol–water partition coefficient (Wildman–Crippen LogP) is 2.34. The third-order valence-electron chi connectivity index (χ3n) is 3.55. The number of thiocarbonyl (C=S) groups is 1. The molecule has 3 nitrogen and oxygen atoms in total. The van der Waals surface area contributed by atoms with Crippen molar-refractivity contribution < 1.29 is 0 Å². The van der Waals surface area contributed by atoms with E-state index in [0.717, 1.165) is 30.4 Å². The Morgan fingerprint density at radius 1 is 1.53 bits per heavy atom. The molecule has 0 aromatic carbocycles. The summed E-state index contributed by atoms with van der Waals surface area (Å²) in [5.41, 5.74) is 6.55. The van der Waals surface area contributed by atoms with Crippen LogP contribution in [0.4, 0.5) is 5.82 Å². The second kappa shape index (κ2) is 5.45. The van der Waals surface area contributed by atoms with E-state index in [1.807, 2.05) is 12.1 Å². The Bertz CT molecular complexity index is 397. The number of piperidine rings is 1. The third kappa shape index (κ3) is 2.94. The van der Waals surface area contributed by atoms with Gasteiger partial charge in [-0.2, -0.15) is 0 Å². The molecular weight excluding hydrogens is 230 g/mol. The molecule has 0 aliphatic carbocycles. The van der Waals surface area contributed by atoms with Crippen molar-refractivity contribution in [3.63, 3.8) is 0 Å². The highest BCUT2D eigenvalue weighted by atomic mass is 32.1. The fourth-order valence-electron chi connectivity index (χ4n) is 2.31. The first-order valence-corrected chi connectivity index (χ1v) is 6.62. The van der Waals surface area contributed by atoms with Crippen molar-refractivity contribution in [2.24, 2.45) is 11.7 Å². The van der Waals surface area contributed by atoms with Crippen molar-refractivity contribution in [2.45, 2.75) is 26.2 Å². The first-order chi connectivity index (χ1) is 8.20. The van der Waals surface area contributed by atoms with Gasteiger partial charge in [-0.1, -0.05) is 25.6 Å². The molecule has 0 bridgehead atoms. The van der Waals surface area contributed by atoms with E-state index in [-0.39, 0.29) is 0 Å². The SMILES string of the molecule is CCC1CCN(c2cc(C(N)=S)ccn2)CC1. The molecule has 1 aliphatic heterocycles. The molecule has 0 radical (unpaired) electrons. The number of anilines is 1. The summed E-state index contributed by atoms with van der Waals surface area (Å²) < 4.78 is 0. The van der Waals surface area contributed by atoms with Crippen LogP contribution in [0.2, 0.25) is 0 Å². The number of pyridine rings is 1. The van der Waals surface area contributed by atoms with E-state index < -0.39 is 0 Å². The Hall–Kier alpha value is -1.16. The summed E-state index contributed by atoms with van der Waals surface area (Å²) in [7, 11) is 0. The second-order valence-electron chi connectivity index (χ2n) is 4.61. The van der Waals surface area contributed by atoms with Crippen LogP contribution in [0, 0.1) is 5.92 Å². The highest BCUT2D eigenvalue weighted by Gasteiger charge is 2.18. The van der Waals surface area contributed by atoms with Gasteiger partial charge < -0.3 is 10.6 Å². The lowest BCUT2D eigenvalue weighted by molar-refractivity contribution is 0.394. The third-order valence-corrected chi connectivity index (χ3v) is 3.78. The molecule has 0 amide bonds. The monoisotopic (exact) mass is 249 g/mol. The van der Waals surface area contributed by atoms with Gasteiger partial charge in [0.1, 0.15) is 10.8 Å². The van der Waals surface area contributed by atoms with Gasteiger partial charge in [-0.3, -0.25) is 0 Å². The van der Waals surface area contributed by atoms with Crippen molar-refractivity contribution in [1.29, 1.82) is 0 Å². The van der Waals surface area contributed by atoms with E-state index in [9.17, 15) is 0 Å². The second-order valence-corrected chi connectivity index (χ2v) is 5.05. The van der Waals surface area contributed by atoms with Crippen LogP contribution >= 0.6 is 12.2 Å². The van der Waals surface area contributed by atoms with Gasteiger partial charge in [0.25, 0.3) is 0 Å².